The van der Waals surface area contributed by atoms with Crippen LogP contribution in [0.3, 0.4) is 0 Å². The lowest BCUT2D eigenvalue weighted by Gasteiger charge is -1.96. The van der Waals surface area contributed by atoms with Crippen LogP contribution in [0.25, 0.3) is 0 Å². The second-order valence-electron chi connectivity index (χ2n) is 6.93. The predicted octanol–water partition coefficient (Wildman–Crippen LogP) is 6.33. The van der Waals surface area contributed by atoms with Crippen LogP contribution in [-0.2, 0) is 6.54 Å². The molecule has 1 heterocycles. The standard InChI is InChI=1S/C25H37N2/c1-4-15-24(2)16-20-26-19-13-11-9-7-5-6-8-10-12-14-21-27-22-17-25(3)18-23-27/h4-8,15-18,20,22-23H,9-14,19,21H2,1-3H3/q+1/b7-5-,8-6-,15-4-,24-16-,26-20+. The van der Waals surface area contributed by atoms with Crippen molar-refractivity contribution < 1.29 is 4.57 Å². The maximum atomic E-state index is 4.42. The number of aromatic nitrogens is 1. The largest absolute Gasteiger partial charge is 0.293 e. The van der Waals surface area contributed by atoms with E-state index in [9.17, 15) is 0 Å². The molecule has 146 valence electrons. The van der Waals surface area contributed by atoms with Crippen molar-refractivity contribution in [2.45, 2.75) is 65.8 Å². The fourth-order valence-corrected chi connectivity index (χ4v) is 2.62. The summed E-state index contributed by atoms with van der Waals surface area (Å²) in [4.78, 5) is 4.42. The first-order chi connectivity index (χ1) is 13.2. The van der Waals surface area contributed by atoms with Gasteiger partial charge >= 0.3 is 0 Å². The van der Waals surface area contributed by atoms with Gasteiger partial charge in [-0.25, -0.2) is 4.57 Å². The Morgan fingerprint density at radius 1 is 1.00 bits per heavy atom. The normalized spacial score (nSPS) is 13.1. The topological polar surface area (TPSA) is 16.2 Å². The van der Waals surface area contributed by atoms with Gasteiger partial charge < -0.3 is 0 Å². The molecule has 0 unspecified atom stereocenters. The molecule has 0 atom stereocenters. The van der Waals surface area contributed by atoms with Gasteiger partial charge in [0.1, 0.15) is 6.54 Å². The van der Waals surface area contributed by atoms with Gasteiger partial charge in [0.05, 0.1) is 0 Å². The second kappa shape index (κ2) is 16.0. The van der Waals surface area contributed by atoms with Crippen molar-refractivity contribution in [3.8, 4) is 0 Å². The number of unbranched alkanes of at least 4 members (excludes halogenated alkanes) is 4. The monoisotopic (exact) mass is 365 g/mol. The van der Waals surface area contributed by atoms with Gasteiger partial charge in [-0.3, -0.25) is 4.99 Å². The third-order valence-corrected chi connectivity index (χ3v) is 4.26. The van der Waals surface area contributed by atoms with E-state index in [4.69, 9.17) is 0 Å². The molecule has 0 fully saturated rings. The Bertz CT molecular complexity index is 631. The van der Waals surface area contributed by atoms with E-state index in [1.807, 2.05) is 19.2 Å². The molecule has 0 amide bonds. The molecule has 0 saturated carbocycles. The Hall–Kier alpha value is -2.22. The zero-order valence-corrected chi connectivity index (χ0v) is 17.5. The third-order valence-electron chi connectivity index (χ3n) is 4.26. The van der Waals surface area contributed by atoms with E-state index < -0.39 is 0 Å². The Labute approximate surface area is 166 Å². The average Bonchev–Trinajstić information content (AvgIpc) is 2.66. The summed E-state index contributed by atoms with van der Waals surface area (Å²) in [7, 11) is 0. The van der Waals surface area contributed by atoms with Crippen molar-refractivity contribution in [2.24, 2.45) is 4.99 Å². The average molecular weight is 366 g/mol. The van der Waals surface area contributed by atoms with Crippen LogP contribution < -0.4 is 4.57 Å². The summed E-state index contributed by atoms with van der Waals surface area (Å²) in [6.07, 6.45) is 28.5. The van der Waals surface area contributed by atoms with E-state index in [0.29, 0.717) is 0 Å². The summed E-state index contributed by atoms with van der Waals surface area (Å²) in [5, 5.41) is 0. The molecule has 1 aromatic heterocycles. The fourth-order valence-electron chi connectivity index (χ4n) is 2.62. The quantitative estimate of drug-likeness (QED) is 0.168. The number of pyridine rings is 1. The van der Waals surface area contributed by atoms with Gasteiger partial charge in [0.25, 0.3) is 0 Å². The number of hydrogen-bond donors (Lipinski definition) is 0. The van der Waals surface area contributed by atoms with E-state index >= 15 is 0 Å². The minimum atomic E-state index is 0.919. The lowest BCUT2D eigenvalue weighted by molar-refractivity contribution is -0.697. The lowest BCUT2D eigenvalue weighted by atomic mass is 10.2. The van der Waals surface area contributed by atoms with Gasteiger partial charge in [0.2, 0.25) is 0 Å². The van der Waals surface area contributed by atoms with E-state index in [1.54, 1.807) is 0 Å². The highest BCUT2D eigenvalue weighted by Crippen LogP contribution is 2.00. The number of hydrogen-bond acceptors (Lipinski definition) is 1. The summed E-state index contributed by atoms with van der Waals surface area (Å²) >= 11 is 0. The number of rotatable bonds is 13. The molecule has 2 nitrogen and oxygen atoms in total. The van der Waals surface area contributed by atoms with Gasteiger partial charge in [0.15, 0.2) is 12.4 Å². The zero-order chi connectivity index (χ0) is 19.6. The molecule has 0 spiro atoms. The Balaban J connectivity index is 1.97. The number of aryl methyl sites for hydroxylation is 2. The van der Waals surface area contributed by atoms with Gasteiger partial charge in [-0.05, 0) is 70.1 Å². The predicted molar refractivity (Wildman–Crippen MR) is 119 cm³/mol. The van der Waals surface area contributed by atoms with E-state index in [2.05, 4.69) is 84.4 Å². The Morgan fingerprint density at radius 2 is 1.67 bits per heavy atom. The van der Waals surface area contributed by atoms with Crippen LogP contribution in [0.4, 0.5) is 0 Å². The summed E-state index contributed by atoms with van der Waals surface area (Å²) in [6, 6.07) is 4.33. The van der Waals surface area contributed by atoms with Crippen molar-refractivity contribution in [2.75, 3.05) is 6.54 Å². The van der Waals surface area contributed by atoms with Crippen LogP contribution in [0, 0.1) is 6.92 Å². The summed E-state index contributed by atoms with van der Waals surface area (Å²) in [5.41, 5.74) is 2.56. The molecule has 0 aromatic carbocycles. The molecule has 0 aliphatic carbocycles. The number of nitrogens with zero attached hydrogens (tertiary/aromatic N) is 2. The summed E-state index contributed by atoms with van der Waals surface area (Å²) in [6.45, 7) is 8.28. The fraction of sp³-hybridized carbons (Fsp3) is 0.440. The molecular formula is C25H37N2+. The minimum Gasteiger partial charge on any atom is -0.293 e. The minimum absolute atomic E-state index is 0.919. The molecule has 2 heteroatoms. The van der Waals surface area contributed by atoms with Gasteiger partial charge in [-0.15, -0.1) is 0 Å². The maximum absolute atomic E-state index is 4.42. The highest BCUT2D eigenvalue weighted by molar-refractivity contribution is 5.72. The van der Waals surface area contributed by atoms with Crippen LogP contribution in [0.2, 0.25) is 0 Å². The highest BCUT2D eigenvalue weighted by atomic mass is 14.9. The first-order valence-corrected chi connectivity index (χ1v) is 10.3. The number of aliphatic imine (C=N–C) groups is 1. The van der Waals surface area contributed by atoms with E-state index in [0.717, 1.165) is 32.4 Å². The first-order valence-electron chi connectivity index (χ1n) is 10.3. The molecule has 0 saturated heterocycles. The molecule has 0 N–H and O–H groups in total. The van der Waals surface area contributed by atoms with Crippen LogP contribution >= 0.6 is 0 Å². The maximum Gasteiger partial charge on any atom is 0.169 e. The molecule has 27 heavy (non-hydrogen) atoms. The molecule has 0 bridgehead atoms. The van der Waals surface area contributed by atoms with Crippen LogP contribution in [0.5, 0.6) is 0 Å². The molecule has 0 aliphatic heterocycles. The summed E-state index contributed by atoms with van der Waals surface area (Å²) < 4.78 is 2.26. The third kappa shape index (κ3) is 13.6. The molecule has 1 rings (SSSR count). The highest BCUT2D eigenvalue weighted by Gasteiger charge is 1.97. The Morgan fingerprint density at radius 3 is 2.33 bits per heavy atom. The van der Waals surface area contributed by atoms with Crippen LogP contribution in [0.15, 0.2) is 77.6 Å². The SMILES string of the molecule is C\C=C/C(C)=C\C=N\CCCC/C=C\C=C/CCCC[n+]1ccc(C)cc1. The molecular weight excluding hydrogens is 328 g/mol. The zero-order valence-electron chi connectivity index (χ0n) is 17.5. The lowest BCUT2D eigenvalue weighted by Crippen LogP contribution is -2.32. The van der Waals surface area contributed by atoms with Crippen LogP contribution in [0.1, 0.15) is 57.9 Å². The smallest absolute Gasteiger partial charge is 0.169 e. The van der Waals surface area contributed by atoms with Crippen molar-refractivity contribution in [1.29, 1.82) is 0 Å². The Kier molecular flexibility index (Phi) is 13.5. The molecule has 0 aliphatic rings. The molecule has 1 aromatic rings. The van der Waals surface area contributed by atoms with Crippen molar-refractivity contribution >= 4 is 6.21 Å². The van der Waals surface area contributed by atoms with Gasteiger partial charge in [-0.2, -0.15) is 0 Å². The van der Waals surface area contributed by atoms with E-state index in [1.165, 1.54) is 30.4 Å². The van der Waals surface area contributed by atoms with E-state index in [-0.39, 0.29) is 0 Å². The van der Waals surface area contributed by atoms with Crippen LogP contribution in [-0.4, -0.2) is 12.8 Å². The van der Waals surface area contributed by atoms with Crippen molar-refractivity contribution in [3.05, 3.63) is 78.2 Å². The van der Waals surface area contributed by atoms with Crippen molar-refractivity contribution in [3.63, 3.8) is 0 Å². The first kappa shape index (κ1) is 22.8. The number of allylic oxidation sites excluding steroid dienone is 8. The molecule has 0 radical (unpaired) electrons. The second-order valence-corrected chi connectivity index (χ2v) is 6.93. The van der Waals surface area contributed by atoms with Gasteiger partial charge in [-0.1, -0.05) is 36.5 Å². The van der Waals surface area contributed by atoms with Crippen molar-refractivity contribution in [1.82, 2.24) is 0 Å². The van der Waals surface area contributed by atoms with Gasteiger partial charge in [0, 0.05) is 31.3 Å². The summed E-state index contributed by atoms with van der Waals surface area (Å²) in [5.74, 6) is 0.